The summed E-state index contributed by atoms with van der Waals surface area (Å²) < 4.78 is 41.0. The molecule has 0 radical (unpaired) electrons. The Balaban J connectivity index is 1.66. The molecule has 1 saturated heterocycles. The lowest BCUT2D eigenvalue weighted by atomic mass is 10.2. The van der Waals surface area contributed by atoms with E-state index in [1.165, 1.54) is 34.1 Å². The van der Waals surface area contributed by atoms with E-state index in [4.69, 9.17) is 0 Å². The van der Waals surface area contributed by atoms with Crippen LogP contribution < -0.4 is 10.2 Å². The number of hydrogen-bond acceptors (Lipinski definition) is 6. The smallest absolute Gasteiger partial charge is 0.344 e. The quantitative estimate of drug-likeness (QED) is 0.754. The summed E-state index contributed by atoms with van der Waals surface area (Å²) in [7, 11) is 0. The van der Waals surface area contributed by atoms with Gasteiger partial charge in [-0.25, -0.2) is 9.50 Å². The van der Waals surface area contributed by atoms with Crippen molar-refractivity contribution in [1.82, 2.24) is 24.8 Å². The molecule has 1 unspecified atom stereocenters. The first-order chi connectivity index (χ1) is 12.9. The molecule has 1 aliphatic rings. The summed E-state index contributed by atoms with van der Waals surface area (Å²) in [5, 5.41) is 14.0. The van der Waals surface area contributed by atoms with Gasteiger partial charge in [-0.1, -0.05) is 0 Å². The number of hydrogen-bond donors (Lipinski definition) is 1. The normalized spacial score (nSPS) is 17.4. The molecule has 0 saturated carbocycles. The number of anilines is 2. The summed E-state index contributed by atoms with van der Waals surface area (Å²) in [6.07, 6.45) is 0.375. The number of halogens is 3. The van der Waals surface area contributed by atoms with Gasteiger partial charge in [-0.05, 0) is 31.0 Å². The van der Waals surface area contributed by atoms with Crippen LogP contribution in [0.2, 0.25) is 0 Å². The zero-order valence-corrected chi connectivity index (χ0v) is 13.9. The van der Waals surface area contributed by atoms with E-state index in [1.807, 2.05) is 0 Å². The van der Waals surface area contributed by atoms with E-state index in [1.54, 1.807) is 12.1 Å². The largest absolute Gasteiger partial charge is 0.408 e. The van der Waals surface area contributed by atoms with Crippen molar-refractivity contribution in [3.05, 3.63) is 42.4 Å². The highest BCUT2D eigenvalue weighted by Crippen LogP contribution is 2.35. The Labute approximate surface area is 151 Å². The Kier molecular flexibility index (Phi) is 4.13. The van der Waals surface area contributed by atoms with Crippen molar-refractivity contribution in [2.75, 3.05) is 16.8 Å². The van der Waals surface area contributed by atoms with Crippen LogP contribution >= 0.6 is 0 Å². The van der Waals surface area contributed by atoms with Crippen molar-refractivity contribution in [1.29, 1.82) is 0 Å². The predicted octanol–water partition coefficient (Wildman–Crippen LogP) is 2.30. The monoisotopic (exact) mass is 377 g/mol. The van der Waals surface area contributed by atoms with Gasteiger partial charge >= 0.3 is 6.18 Å². The Morgan fingerprint density at radius 3 is 2.89 bits per heavy atom. The lowest BCUT2D eigenvalue weighted by Gasteiger charge is -2.27. The number of carbonyl (C=O) groups is 1. The number of aromatic nitrogens is 5. The van der Waals surface area contributed by atoms with Crippen LogP contribution in [0.1, 0.15) is 23.2 Å². The average molecular weight is 377 g/mol. The second-order valence-electron chi connectivity index (χ2n) is 6.07. The second-order valence-corrected chi connectivity index (χ2v) is 6.07. The lowest BCUT2D eigenvalue weighted by Crippen LogP contribution is -2.41. The Bertz CT molecular complexity index is 973. The number of rotatable bonds is 3. The summed E-state index contributed by atoms with van der Waals surface area (Å²) >= 11 is 0. The van der Waals surface area contributed by atoms with Crippen LogP contribution in [0.15, 0.2) is 36.8 Å². The number of carbonyl (C=O) groups excluding carboxylic acids is 1. The summed E-state index contributed by atoms with van der Waals surface area (Å²) in [5.74, 6) is -0.116. The third kappa shape index (κ3) is 3.27. The molecular weight excluding hydrogens is 363 g/mol. The van der Waals surface area contributed by atoms with Gasteiger partial charge in [0.25, 0.3) is 5.91 Å². The van der Waals surface area contributed by atoms with E-state index in [2.05, 4.69) is 25.6 Å². The third-order valence-corrected chi connectivity index (χ3v) is 4.34. The maximum Gasteiger partial charge on any atom is 0.408 e. The van der Waals surface area contributed by atoms with E-state index in [-0.39, 0.29) is 35.8 Å². The summed E-state index contributed by atoms with van der Waals surface area (Å²) in [6.45, 7) is 0.253. The van der Waals surface area contributed by atoms with E-state index in [0.29, 0.717) is 6.42 Å². The molecule has 8 nitrogen and oxygen atoms in total. The molecule has 0 bridgehead atoms. The zero-order chi connectivity index (χ0) is 19.0. The molecule has 4 heterocycles. The maximum absolute atomic E-state index is 13.2. The van der Waals surface area contributed by atoms with E-state index in [9.17, 15) is 18.0 Å². The van der Waals surface area contributed by atoms with Crippen LogP contribution in [0.25, 0.3) is 5.65 Å². The SMILES string of the molecule is O=C(Nc1cccnn1)c1cnn2ccc(N3CCCC3C(F)(F)F)nc12. The first-order valence-electron chi connectivity index (χ1n) is 8.20. The minimum Gasteiger partial charge on any atom is -0.344 e. The highest BCUT2D eigenvalue weighted by atomic mass is 19.4. The van der Waals surface area contributed by atoms with E-state index in [0.717, 1.165) is 0 Å². The second kappa shape index (κ2) is 6.49. The van der Waals surface area contributed by atoms with Crippen molar-refractivity contribution >= 4 is 23.2 Å². The standard InChI is InChI=1S/C16H14F3N7O/c17-16(18,19)11-3-2-7-25(11)13-5-8-26-14(23-13)10(9-21-26)15(27)22-12-4-1-6-20-24-12/h1,4-6,8-9,11H,2-3,7H2,(H,22,24,27). The third-order valence-electron chi connectivity index (χ3n) is 4.34. The van der Waals surface area contributed by atoms with Crippen molar-refractivity contribution < 1.29 is 18.0 Å². The van der Waals surface area contributed by atoms with E-state index < -0.39 is 18.1 Å². The Morgan fingerprint density at radius 1 is 1.30 bits per heavy atom. The molecule has 1 amide bonds. The molecular formula is C16H14F3N7O. The van der Waals surface area contributed by atoms with Crippen LogP contribution in [0.3, 0.4) is 0 Å². The predicted molar refractivity (Wildman–Crippen MR) is 89.4 cm³/mol. The zero-order valence-electron chi connectivity index (χ0n) is 13.9. The minimum atomic E-state index is -4.34. The molecule has 11 heteroatoms. The van der Waals surface area contributed by atoms with Crippen LogP contribution in [0, 0.1) is 0 Å². The van der Waals surface area contributed by atoms with Crippen molar-refractivity contribution in [2.24, 2.45) is 0 Å². The average Bonchev–Trinajstić information content (AvgIpc) is 3.29. The summed E-state index contributed by atoms with van der Waals surface area (Å²) in [6, 6.07) is 3.06. The molecule has 4 rings (SSSR count). The number of fused-ring (bicyclic) bond motifs is 1. The van der Waals surface area contributed by atoms with Gasteiger partial charge in [0.2, 0.25) is 0 Å². The maximum atomic E-state index is 13.2. The first kappa shape index (κ1) is 17.2. The molecule has 0 aliphatic carbocycles. The first-order valence-corrected chi connectivity index (χ1v) is 8.20. The molecule has 1 aliphatic heterocycles. The molecule has 0 aromatic carbocycles. The van der Waals surface area contributed by atoms with Gasteiger partial charge < -0.3 is 10.2 Å². The molecule has 3 aromatic rings. The van der Waals surface area contributed by atoms with Crippen LogP contribution in [0.5, 0.6) is 0 Å². The van der Waals surface area contributed by atoms with Gasteiger partial charge in [-0.3, -0.25) is 4.79 Å². The fraction of sp³-hybridized carbons (Fsp3) is 0.312. The lowest BCUT2D eigenvalue weighted by molar-refractivity contribution is -0.146. The van der Waals surface area contributed by atoms with Gasteiger partial charge in [0.15, 0.2) is 11.5 Å². The molecule has 1 atom stereocenters. The fourth-order valence-corrected chi connectivity index (χ4v) is 3.11. The Hall–Kier alpha value is -3.24. The highest BCUT2D eigenvalue weighted by Gasteiger charge is 2.46. The van der Waals surface area contributed by atoms with Gasteiger partial charge in [-0.2, -0.15) is 23.4 Å². The number of nitrogens with zero attached hydrogens (tertiary/aromatic N) is 6. The van der Waals surface area contributed by atoms with Crippen LogP contribution in [-0.2, 0) is 0 Å². The molecule has 140 valence electrons. The summed E-state index contributed by atoms with van der Waals surface area (Å²) in [5.41, 5.74) is 0.298. The van der Waals surface area contributed by atoms with Crippen molar-refractivity contribution in [3.8, 4) is 0 Å². The van der Waals surface area contributed by atoms with Crippen molar-refractivity contribution in [3.63, 3.8) is 0 Å². The summed E-state index contributed by atoms with van der Waals surface area (Å²) in [4.78, 5) is 18.0. The molecule has 1 N–H and O–H groups in total. The van der Waals surface area contributed by atoms with Crippen molar-refractivity contribution in [2.45, 2.75) is 25.1 Å². The number of amides is 1. The molecule has 3 aromatic heterocycles. The van der Waals surface area contributed by atoms with E-state index >= 15 is 0 Å². The van der Waals surface area contributed by atoms with Crippen LogP contribution in [-0.4, -0.2) is 49.5 Å². The molecule has 27 heavy (non-hydrogen) atoms. The van der Waals surface area contributed by atoms with Gasteiger partial charge in [0, 0.05) is 18.9 Å². The molecule has 1 fully saturated rings. The molecule has 0 spiro atoms. The van der Waals surface area contributed by atoms with Crippen LogP contribution in [0.4, 0.5) is 24.8 Å². The van der Waals surface area contributed by atoms with Gasteiger partial charge in [-0.15, -0.1) is 5.10 Å². The number of alkyl halides is 3. The number of nitrogens with one attached hydrogen (secondary N) is 1. The Morgan fingerprint density at radius 2 is 2.15 bits per heavy atom. The highest BCUT2D eigenvalue weighted by molar-refractivity contribution is 6.07. The minimum absolute atomic E-state index is 0.0235. The van der Waals surface area contributed by atoms with Gasteiger partial charge in [0.1, 0.15) is 17.4 Å². The fourth-order valence-electron chi connectivity index (χ4n) is 3.11. The van der Waals surface area contributed by atoms with Gasteiger partial charge in [0.05, 0.1) is 6.20 Å². The topological polar surface area (TPSA) is 88.3 Å².